The van der Waals surface area contributed by atoms with Crippen LogP contribution in [0.4, 0.5) is 5.69 Å². The van der Waals surface area contributed by atoms with E-state index in [1.807, 2.05) is 6.20 Å². The van der Waals surface area contributed by atoms with E-state index in [0.29, 0.717) is 5.92 Å². The van der Waals surface area contributed by atoms with E-state index in [2.05, 4.69) is 55.0 Å². The van der Waals surface area contributed by atoms with Gasteiger partial charge >= 0.3 is 0 Å². The molecule has 0 fully saturated rings. The van der Waals surface area contributed by atoms with E-state index < -0.39 is 0 Å². The molecule has 0 saturated carbocycles. The number of hydrogen-bond donors (Lipinski definition) is 1. The zero-order chi connectivity index (χ0) is 12.7. The molecule has 1 heterocycles. The van der Waals surface area contributed by atoms with E-state index in [1.54, 1.807) is 0 Å². The number of hydrogen-bond acceptors (Lipinski definition) is 3. The van der Waals surface area contributed by atoms with Crippen LogP contribution in [-0.2, 0) is 6.54 Å². The molecule has 0 amide bonds. The van der Waals surface area contributed by atoms with Crippen molar-refractivity contribution in [2.24, 2.45) is 5.92 Å². The molecule has 1 aromatic rings. The van der Waals surface area contributed by atoms with Gasteiger partial charge in [0.05, 0.1) is 5.69 Å². The third kappa shape index (κ3) is 4.73. The third-order valence-corrected chi connectivity index (χ3v) is 2.69. The van der Waals surface area contributed by atoms with Crippen LogP contribution in [0.5, 0.6) is 0 Å². The maximum Gasteiger partial charge on any atom is 0.0562 e. The van der Waals surface area contributed by atoms with Gasteiger partial charge in [-0.2, -0.15) is 0 Å². The molecule has 0 spiro atoms. The molecule has 0 bridgehead atoms. The van der Waals surface area contributed by atoms with Crippen molar-refractivity contribution in [3.05, 3.63) is 24.0 Å². The fraction of sp³-hybridized carbons (Fsp3) is 0.643. The summed E-state index contributed by atoms with van der Waals surface area (Å²) in [7, 11) is 0. The lowest BCUT2D eigenvalue weighted by Crippen LogP contribution is -2.27. The van der Waals surface area contributed by atoms with Gasteiger partial charge in [-0.05, 0) is 31.5 Å². The summed E-state index contributed by atoms with van der Waals surface area (Å²) in [6.45, 7) is 12.8. The van der Waals surface area contributed by atoms with Crippen molar-refractivity contribution < 1.29 is 0 Å². The Balaban J connectivity index is 2.73. The molecule has 0 radical (unpaired) electrons. The average molecular weight is 235 g/mol. The maximum absolute atomic E-state index is 4.38. The summed E-state index contributed by atoms with van der Waals surface area (Å²) in [5.41, 5.74) is 2.40. The molecule has 0 aromatic carbocycles. The lowest BCUT2D eigenvalue weighted by Gasteiger charge is -2.25. The van der Waals surface area contributed by atoms with Crippen molar-refractivity contribution in [3.8, 4) is 0 Å². The van der Waals surface area contributed by atoms with Crippen molar-refractivity contribution in [1.29, 1.82) is 0 Å². The molecule has 3 heteroatoms. The first kappa shape index (κ1) is 14.0. The number of nitrogens with zero attached hydrogens (tertiary/aromatic N) is 2. The lowest BCUT2D eigenvalue weighted by atomic mass is 10.2. The monoisotopic (exact) mass is 235 g/mol. The minimum atomic E-state index is 0.681. The van der Waals surface area contributed by atoms with Gasteiger partial charge < -0.3 is 10.2 Å². The largest absolute Gasteiger partial charge is 0.371 e. The van der Waals surface area contributed by atoms with Gasteiger partial charge in [0.2, 0.25) is 0 Å². The molecule has 1 N–H and O–H groups in total. The van der Waals surface area contributed by atoms with Crippen LogP contribution in [0.25, 0.3) is 0 Å². The maximum atomic E-state index is 4.38. The quantitative estimate of drug-likeness (QED) is 0.787. The summed E-state index contributed by atoms with van der Waals surface area (Å²) in [5, 5.41) is 3.31. The predicted octanol–water partition coefficient (Wildman–Crippen LogP) is 2.67. The second-order valence-corrected chi connectivity index (χ2v) is 4.72. The fourth-order valence-electron chi connectivity index (χ4n) is 1.87. The standard InChI is InChI=1S/C14H25N3/c1-5-15-10-13-9-14(7-8-16-13)17(6-2)11-12(3)4/h7-9,12,15H,5-6,10-11H2,1-4H3. The Hall–Kier alpha value is -1.09. The van der Waals surface area contributed by atoms with Crippen molar-refractivity contribution in [2.45, 2.75) is 34.2 Å². The van der Waals surface area contributed by atoms with Crippen LogP contribution < -0.4 is 10.2 Å². The van der Waals surface area contributed by atoms with Crippen LogP contribution in [-0.4, -0.2) is 24.6 Å². The molecule has 0 aliphatic carbocycles. The van der Waals surface area contributed by atoms with Gasteiger partial charge in [-0.3, -0.25) is 4.98 Å². The summed E-state index contributed by atoms with van der Waals surface area (Å²) in [6.07, 6.45) is 1.91. The summed E-state index contributed by atoms with van der Waals surface area (Å²) in [5.74, 6) is 0.681. The molecule has 0 aliphatic heterocycles. The Kier molecular flexibility index (Phi) is 5.98. The molecule has 17 heavy (non-hydrogen) atoms. The number of rotatable bonds is 7. The average Bonchev–Trinajstić information content (AvgIpc) is 2.33. The van der Waals surface area contributed by atoms with Gasteiger partial charge in [0.1, 0.15) is 0 Å². The normalized spacial score (nSPS) is 10.9. The molecule has 1 rings (SSSR count). The highest BCUT2D eigenvalue weighted by Gasteiger charge is 2.07. The van der Waals surface area contributed by atoms with Crippen LogP contribution in [0.15, 0.2) is 18.3 Å². The van der Waals surface area contributed by atoms with Crippen LogP contribution in [0, 0.1) is 5.92 Å². The predicted molar refractivity (Wildman–Crippen MR) is 74.3 cm³/mol. The molecule has 1 aromatic heterocycles. The second kappa shape index (κ2) is 7.28. The van der Waals surface area contributed by atoms with Crippen LogP contribution in [0.3, 0.4) is 0 Å². The smallest absolute Gasteiger partial charge is 0.0562 e. The Morgan fingerprint density at radius 2 is 2.12 bits per heavy atom. The first-order valence-electron chi connectivity index (χ1n) is 6.58. The van der Waals surface area contributed by atoms with E-state index in [-0.39, 0.29) is 0 Å². The summed E-state index contributed by atoms with van der Waals surface area (Å²) >= 11 is 0. The fourth-order valence-corrected chi connectivity index (χ4v) is 1.87. The van der Waals surface area contributed by atoms with Crippen LogP contribution in [0.2, 0.25) is 0 Å². The van der Waals surface area contributed by atoms with Gasteiger partial charge in [-0.25, -0.2) is 0 Å². The zero-order valence-electron chi connectivity index (χ0n) is 11.5. The highest BCUT2D eigenvalue weighted by atomic mass is 15.1. The minimum absolute atomic E-state index is 0.681. The van der Waals surface area contributed by atoms with Crippen LogP contribution in [0.1, 0.15) is 33.4 Å². The lowest BCUT2D eigenvalue weighted by molar-refractivity contribution is 0.618. The molecule has 0 unspecified atom stereocenters. The third-order valence-electron chi connectivity index (χ3n) is 2.69. The van der Waals surface area contributed by atoms with Gasteiger partial charge in [0, 0.05) is 31.5 Å². The van der Waals surface area contributed by atoms with E-state index in [0.717, 1.165) is 31.9 Å². The first-order chi connectivity index (χ1) is 8.17. The minimum Gasteiger partial charge on any atom is -0.371 e. The van der Waals surface area contributed by atoms with Gasteiger partial charge in [-0.1, -0.05) is 20.8 Å². The number of pyridine rings is 1. The highest BCUT2D eigenvalue weighted by molar-refractivity contribution is 5.46. The van der Waals surface area contributed by atoms with Crippen molar-refractivity contribution in [1.82, 2.24) is 10.3 Å². The van der Waals surface area contributed by atoms with Crippen LogP contribution >= 0.6 is 0 Å². The molecular weight excluding hydrogens is 210 g/mol. The van der Waals surface area contributed by atoms with Gasteiger partial charge in [0.25, 0.3) is 0 Å². The molecule has 96 valence electrons. The number of nitrogens with one attached hydrogen (secondary N) is 1. The Morgan fingerprint density at radius 3 is 2.71 bits per heavy atom. The van der Waals surface area contributed by atoms with Gasteiger partial charge in [0.15, 0.2) is 0 Å². The first-order valence-corrected chi connectivity index (χ1v) is 6.58. The number of aromatic nitrogens is 1. The molecule has 0 saturated heterocycles. The molecule has 0 atom stereocenters. The Labute approximate surface area is 105 Å². The van der Waals surface area contributed by atoms with E-state index in [9.17, 15) is 0 Å². The van der Waals surface area contributed by atoms with Crippen molar-refractivity contribution >= 4 is 5.69 Å². The zero-order valence-corrected chi connectivity index (χ0v) is 11.5. The summed E-state index contributed by atoms with van der Waals surface area (Å²) in [6, 6.07) is 4.29. The molecular formula is C14H25N3. The number of anilines is 1. The van der Waals surface area contributed by atoms with Gasteiger partial charge in [-0.15, -0.1) is 0 Å². The van der Waals surface area contributed by atoms with Crippen molar-refractivity contribution in [3.63, 3.8) is 0 Å². The van der Waals surface area contributed by atoms with E-state index in [4.69, 9.17) is 0 Å². The topological polar surface area (TPSA) is 28.2 Å². The molecule has 0 aliphatic rings. The second-order valence-electron chi connectivity index (χ2n) is 4.72. The van der Waals surface area contributed by atoms with Crippen molar-refractivity contribution in [2.75, 3.05) is 24.5 Å². The summed E-state index contributed by atoms with van der Waals surface area (Å²) in [4.78, 5) is 6.79. The highest BCUT2D eigenvalue weighted by Crippen LogP contribution is 2.15. The molecule has 3 nitrogen and oxygen atoms in total. The SMILES string of the molecule is CCNCc1cc(N(CC)CC(C)C)ccn1. The van der Waals surface area contributed by atoms with E-state index >= 15 is 0 Å². The Morgan fingerprint density at radius 1 is 1.35 bits per heavy atom. The van der Waals surface area contributed by atoms with E-state index in [1.165, 1.54) is 5.69 Å². The Bertz CT molecular complexity index is 323. The summed E-state index contributed by atoms with van der Waals surface area (Å²) < 4.78 is 0.